The summed E-state index contributed by atoms with van der Waals surface area (Å²) in [7, 11) is 0. The number of nitrogens with zero attached hydrogens (tertiary/aromatic N) is 1. The summed E-state index contributed by atoms with van der Waals surface area (Å²) in [6.45, 7) is 2.76. The van der Waals surface area contributed by atoms with Crippen molar-refractivity contribution in [3.05, 3.63) is 88.6 Å². The molecule has 0 spiro atoms. The van der Waals surface area contributed by atoms with E-state index in [1.165, 1.54) is 11.1 Å². The molecule has 0 bridgehead atoms. The van der Waals surface area contributed by atoms with Crippen molar-refractivity contribution >= 4 is 29.0 Å². The molecule has 1 aromatic heterocycles. The normalized spacial score (nSPS) is 10.3. The highest BCUT2D eigenvalue weighted by Crippen LogP contribution is 2.15. The molecule has 1 amide bonds. The number of carbonyl (C=O) groups is 1. The minimum absolute atomic E-state index is 0.218. The van der Waals surface area contributed by atoms with Crippen LogP contribution in [0.2, 0.25) is 5.02 Å². The van der Waals surface area contributed by atoms with Crippen LogP contribution in [0.25, 0.3) is 0 Å². The van der Waals surface area contributed by atoms with E-state index in [0.717, 1.165) is 5.82 Å². The third kappa shape index (κ3) is 4.81. The molecule has 0 saturated carbocycles. The lowest BCUT2D eigenvalue weighted by Crippen LogP contribution is -2.12. The van der Waals surface area contributed by atoms with E-state index in [0.29, 0.717) is 22.8 Å². The first-order valence-electron chi connectivity index (χ1n) is 7.92. The van der Waals surface area contributed by atoms with Crippen molar-refractivity contribution in [2.24, 2.45) is 0 Å². The number of aromatic nitrogens is 1. The zero-order valence-corrected chi connectivity index (χ0v) is 14.5. The van der Waals surface area contributed by atoms with Crippen molar-refractivity contribution in [2.75, 3.05) is 10.6 Å². The van der Waals surface area contributed by atoms with Gasteiger partial charge in [0.25, 0.3) is 5.91 Å². The van der Waals surface area contributed by atoms with Gasteiger partial charge in [0.1, 0.15) is 5.82 Å². The third-order valence-electron chi connectivity index (χ3n) is 3.70. The van der Waals surface area contributed by atoms with Crippen LogP contribution in [0.1, 0.15) is 21.5 Å². The molecule has 2 N–H and O–H groups in total. The van der Waals surface area contributed by atoms with Crippen molar-refractivity contribution in [3.8, 4) is 0 Å². The number of pyridine rings is 1. The first-order valence-corrected chi connectivity index (χ1v) is 8.30. The summed E-state index contributed by atoms with van der Waals surface area (Å²) in [6, 6.07) is 18.8. The number of anilines is 2. The van der Waals surface area contributed by atoms with Crippen LogP contribution in [0.3, 0.4) is 0 Å². The molecule has 1 heterocycles. The number of halogens is 1. The SMILES string of the molecule is Cc1ccc(CNc2ccc(NC(=O)c3cccc(Cl)c3)cn2)cc1. The van der Waals surface area contributed by atoms with E-state index in [1.54, 1.807) is 30.5 Å². The molecule has 25 heavy (non-hydrogen) atoms. The second-order valence-corrected chi connectivity index (χ2v) is 6.17. The Morgan fingerprint density at radius 1 is 1.08 bits per heavy atom. The van der Waals surface area contributed by atoms with Crippen LogP contribution >= 0.6 is 11.6 Å². The van der Waals surface area contributed by atoms with Gasteiger partial charge in [-0.1, -0.05) is 47.5 Å². The van der Waals surface area contributed by atoms with Crippen LogP contribution in [0, 0.1) is 6.92 Å². The minimum Gasteiger partial charge on any atom is -0.366 e. The Labute approximate surface area is 151 Å². The van der Waals surface area contributed by atoms with Crippen LogP contribution in [0.4, 0.5) is 11.5 Å². The average Bonchev–Trinajstić information content (AvgIpc) is 2.62. The van der Waals surface area contributed by atoms with Gasteiger partial charge in [0.05, 0.1) is 11.9 Å². The van der Waals surface area contributed by atoms with E-state index >= 15 is 0 Å². The molecule has 0 saturated heterocycles. The molecular weight excluding hydrogens is 334 g/mol. The van der Waals surface area contributed by atoms with Gasteiger partial charge < -0.3 is 10.6 Å². The Kier molecular flexibility index (Phi) is 5.31. The largest absolute Gasteiger partial charge is 0.366 e. The van der Waals surface area contributed by atoms with E-state index in [-0.39, 0.29) is 5.91 Å². The van der Waals surface area contributed by atoms with Gasteiger partial charge >= 0.3 is 0 Å². The van der Waals surface area contributed by atoms with Crippen molar-refractivity contribution in [2.45, 2.75) is 13.5 Å². The molecule has 126 valence electrons. The summed E-state index contributed by atoms with van der Waals surface area (Å²) < 4.78 is 0. The molecule has 4 nitrogen and oxygen atoms in total. The maximum Gasteiger partial charge on any atom is 0.255 e. The van der Waals surface area contributed by atoms with Crippen LogP contribution in [-0.4, -0.2) is 10.9 Å². The smallest absolute Gasteiger partial charge is 0.255 e. The molecule has 3 aromatic rings. The predicted octanol–water partition coefficient (Wildman–Crippen LogP) is 4.91. The highest BCUT2D eigenvalue weighted by Gasteiger charge is 2.06. The summed E-state index contributed by atoms with van der Waals surface area (Å²) >= 11 is 5.91. The van der Waals surface area contributed by atoms with Gasteiger partial charge in [-0.05, 0) is 42.8 Å². The van der Waals surface area contributed by atoms with Crippen LogP contribution in [0.15, 0.2) is 66.9 Å². The van der Waals surface area contributed by atoms with E-state index in [9.17, 15) is 4.79 Å². The minimum atomic E-state index is -0.218. The molecule has 0 aliphatic rings. The number of aryl methyl sites for hydroxylation is 1. The van der Waals surface area contributed by atoms with Crippen molar-refractivity contribution in [1.29, 1.82) is 0 Å². The fourth-order valence-electron chi connectivity index (χ4n) is 2.30. The summed E-state index contributed by atoms with van der Waals surface area (Å²) in [5.74, 6) is 0.533. The fraction of sp³-hybridized carbons (Fsp3) is 0.100. The Morgan fingerprint density at radius 2 is 1.88 bits per heavy atom. The third-order valence-corrected chi connectivity index (χ3v) is 3.94. The average molecular weight is 352 g/mol. The highest BCUT2D eigenvalue weighted by molar-refractivity contribution is 6.31. The molecule has 0 radical (unpaired) electrons. The molecule has 0 aliphatic carbocycles. The van der Waals surface area contributed by atoms with Gasteiger partial charge in [-0.3, -0.25) is 4.79 Å². The maximum absolute atomic E-state index is 12.2. The lowest BCUT2D eigenvalue weighted by molar-refractivity contribution is 0.102. The first kappa shape index (κ1) is 17.0. The second kappa shape index (κ2) is 7.81. The topological polar surface area (TPSA) is 54.0 Å². The van der Waals surface area contributed by atoms with Crippen molar-refractivity contribution < 1.29 is 4.79 Å². The summed E-state index contributed by atoms with van der Waals surface area (Å²) in [4.78, 5) is 16.5. The zero-order chi connectivity index (χ0) is 17.6. The van der Waals surface area contributed by atoms with Gasteiger partial charge in [-0.15, -0.1) is 0 Å². The van der Waals surface area contributed by atoms with E-state index in [2.05, 4.69) is 46.8 Å². The Morgan fingerprint density at radius 3 is 2.56 bits per heavy atom. The number of hydrogen-bond donors (Lipinski definition) is 2. The van der Waals surface area contributed by atoms with Gasteiger partial charge in [-0.25, -0.2) is 4.98 Å². The molecule has 0 fully saturated rings. The summed E-state index contributed by atoms with van der Waals surface area (Å²) in [5.41, 5.74) is 3.56. The van der Waals surface area contributed by atoms with E-state index in [4.69, 9.17) is 11.6 Å². The van der Waals surface area contributed by atoms with Crippen LogP contribution in [0.5, 0.6) is 0 Å². The number of amides is 1. The van der Waals surface area contributed by atoms with Gasteiger partial charge in [0.2, 0.25) is 0 Å². The standard InChI is InChI=1S/C20H18ClN3O/c1-14-5-7-15(8-6-14)12-22-19-10-9-18(13-23-19)24-20(25)16-3-2-4-17(21)11-16/h2-11,13H,12H2,1H3,(H,22,23)(H,24,25). The summed E-state index contributed by atoms with van der Waals surface area (Å²) in [6.07, 6.45) is 1.62. The summed E-state index contributed by atoms with van der Waals surface area (Å²) in [5, 5.41) is 6.59. The number of nitrogens with one attached hydrogen (secondary N) is 2. The Hall–Kier alpha value is -2.85. The Balaban J connectivity index is 1.58. The number of benzene rings is 2. The van der Waals surface area contributed by atoms with Crippen molar-refractivity contribution in [3.63, 3.8) is 0 Å². The number of hydrogen-bond acceptors (Lipinski definition) is 3. The van der Waals surface area contributed by atoms with Crippen LogP contribution < -0.4 is 10.6 Å². The quantitative estimate of drug-likeness (QED) is 0.686. The molecule has 3 rings (SSSR count). The lowest BCUT2D eigenvalue weighted by atomic mass is 10.1. The van der Waals surface area contributed by atoms with Gasteiger partial charge in [-0.2, -0.15) is 0 Å². The number of rotatable bonds is 5. The second-order valence-electron chi connectivity index (χ2n) is 5.74. The molecule has 0 atom stereocenters. The highest BCUT2D eigenvalue weighted by atomic mass is 35.5. The van der Waals surface area contributed by atoms with Crippen LogP contribution in [-0.2, 0) is 6.54 Å². The zero-order valence-electron chi connectivity index (χ0n) is 13.8. The fourth-order valence-corrected chi connectivity index (χ4v) is 2.49. The first-order chi connectivity index (χ1) is 12.1. The van der Waals surface area contributed by atoms with Gasteiger partial charge in [0.15, 0.2) is 0 Å². The van der Waals surface area contributed by atoms with Crippen molar-refractivity contribution in [1.82, 2.24) is 4.98 Å². The Bertz CT molecular complexity index is 861. The predicted molar refractivity (Wildman–Crippen MR) is 102 cm³/mol. The van der Waals surface area contributed by atoms with E-state index < -0.39 is 0 Å². The number of carbonyl (C=O) groups excluding carboxylic acids is 1. The molecule has 2 aromatic carbocycles. The maximum atomic E-state index is 12.2. The monoisotopic (exact) mass is 351 g/mol. The molecular formula is C20H18ClN3O. The molecule has 0 unspecified atom stereocenters. The lowest BCUT2D eigenvalue weighted by Gasteiger charge is -2.08. The van der Waals surface area contributed by atoms with Gasteiger partial charge in [0, 0.05) is 17.1 Å². The van der Waals surface area contributed by atoms with E-state index in [1.807, 2.05) is 12.1 Å². The molecule has 0 aliphatic heterocycles. The molecule has 5 heteroatoms.